The van der Waals surface area contributed by atoms with Crippen molar-refractivity contribution < 1.29 is 22.7 Å². The number of esters is 1. The second-order valence-corrected chi connectivity index (χ2v) is 5.01. The van der Waals surface area contributed by atoms with Gasteiger partial charge in [-0.15, -0.1) is 0 Å². The predicted molar refractivity (Wildman–Crippen MR) is 60.3 cm³/mol. The Hall–Kier alpha value is -1.19. The minimum absolute atomic E-state index is 0.0181. The van der Waals surface area contributed by atoms with E-state index in [2.05, 4.69) is 14.8 Å². The van der Waals surface area contributed by atoms with Crippen LogP contribution in [0.15, 0.2) is 0 Å². The molecule has 9 heteroatoms. The van der Waals surface area contributed by atoms with E-state index in [1.807, 2.05) is 0 Å². The van der Waals surface area contributed by atoms with Crippen molar-refractivity contribution in [1.82, 2.24) is 14.3 Å². The molecule has 0 fully saturated rings. The Morgan fingerprint density at radius 1 is 1.35 bits per heavy atom. The predicted octanol–water partition coefficient (Wildman–Crippen LogP) is -1.94. The van der Waals surface area contributed by atoms with Crippen molar-refractivity contribution in [2.24, 2.45) is 0 Å². The van der Waals surface area contributed by atoms with Gasteiger partial charge in [0.2, 0.25) is 5.91 Å². The van der Waals surface area contributed by atoms with E-state index >= 15 is 0 Å². The van der Waals surface area contributed by atoms with E-state index in [9.17, 15) is 18.0 Å². The lowest BCUT2D eigenvalue weighted by Gasteiger charge is -2.16. The fourth-order valence-electron chi connectivity index (χ4n) is 0.826. The molecule has 0 aliphatic rings. The fraction of sp³-hybridized carbons (Fsp3) is 0.750. The zero-order valence-electron chi connectivity index (χ0n) is 10.0. The van der Waals surface area contributed by atoms with E-state index in [1.165, 1.54) is 21.2 Å². The summed E-state index contributed by atoms with van der Waals surface area (Å²) < 4.78 is 30.5. The molecule has 0 spiro atoms. The summed E-state index contributed by atoms with van der Waals surface area (Å²) in [6, 6.07) is 0. The van der Waals surface area contributed by atoms with Crippen molar-refractivity contribution in [2.45, 2.75) is 6.42 Å². The van der Waals surface area contributed by atoms with Gasteiger partial charge in [-0.05, 0) is 0 Å². The number of amides is 1. The molecule has 0 bridgehead atoms. The minimum Gasteiger partial charge on any atom is -0.469 e. The number of nitrogens with one attached hydrogen (secondary N) is 2. The lowest BCUT2D eigenvalue weighted by Crippen LogP contribution is -2.43. The van der Waals surface area contributed by atoms with Crippen LogP contribution in [0.3, 0.4) is 0 Å². The van der Waals surface area contributed by atoms with E-state index < -0.39 is 22.1 Å². The molecule has 0 atom stereocenters. The molecule has 0 aliphatic carbocycles. The molecule has 0 saturated carbocycles. The summed E-state index contributed by atoms with van der Waals surface area (Å²) in [5, 5.41) is 2.28. The van der Waals surface area contributed by atoms with E-state index in [-0.39, 0.29) is 19.5 Å². The summed E-state index contributed by atoms with van der Waals surface area (Å²) in [6.07, 6.45) is -0.0477. The minimum atomic E-state index is -3.75. The van der Waals surface area contributed by atoms with Gasteiger partial charge in [0.05, 0.1) is 20.1 Å². The Balaban J connectivity index is 4.21. The highest BCUT2D eigenvalue weighted by atomic mass is 32.2. The molecule has 0 unspecified atom stereocenters. The Morgan fingerprint density at radius 3 is 2.41 bits per heavy atom. The molecule has 1 amide bonds. The van der Waals surface area contributed by atoms with Crippen LogP contribution in [-0.2, 0) is 24.5 Å². The van der Waals surface area contributed by atoms with Gasteiger partial charge in [0.25, 0.3) is 10.2 Å². The normalized spacial score (nSPS) is 11.3. The van der Waals surface area contributed by atoms with Crippen LogP contribution < -0.4 is 10.0 Å². The number of hydrogen-bond donors (Lipinski definition) is 2. The van der Waals surface area contributed by atoms with Gasteiger partial charge < -0.3 is 10.1 Å². The Kier molecular flexibility index (Phi) is 6.69. The van der Waals surface area contributed by atoms with Gasteiger partial charge >= 0.3 is 5.97 Å². The number of likely N-dealkylation sites (N-methyl/N-ethyl adjacent to an activating group) is 1. The maximum absolute atomic E-state index is 11.5. The molecule has 0 aliphatic heterocycles. The Morgan fingerprint density at radius 2 is 1.94 bits per heavy atom. The van der Waals surface area contributed by atoms with Gasteiger partial charge in [-0.1, -0.05) is 0 Å². The summed E-state index contributed by atoms with van der Waals surface area (Å²) >= 11 is 0. The summed E-state index contributed by atoms with van der Waals surface area (Å²) in [4.78, 5) is 21.7. The second-order valence-electron chi connectivity index (χ2n) is 3.15. The number of carbonyl (C=O) groups is 2. The molecule has 0 rings (SSSR count). The van der Waals surface area contributed by atoms with Crippen LogP contribution in [0.5, 0.6) is 0 Å². The SMILES string of the molecule is CNC(=O)CNS(=O)(=O)N(C)CCC(=O)OC. The molecule has 0 aromatic rings. The molecule has 0 aromatic carbocycles. The summed E-state index contributed by atoms with van der Waals surface area (Å²) in [5.41, 5.74) is 0. The zero-order valence-corrected chi connectivity index (χ0v) is 10.8. The van der Waals surface area contributed by atoms with Gasteiger partial charge in [0.15, 0.2) is 0 Å². The van der Waals surface area contributed by atoms with Crippen molar-refractivity contribution in [1.29, 1.82) is 0 Å². The first kappa shape index (κ1) is 15.8. The van der Waals surface area contributed by atoms with Crippen LogP contribution in [0.1, 0.15) is 6.42 Å². The third kappa shape index (κ3) is 6.19. The van der Waals surface area contributed by atoms with Crippen LogP contribution in [0.4, 0.5) is 0 Å². The molecule has 17 heavy (non-hydrogen) atoms. The first-order valence-corrected chi connectivity index (χ1v) is 6.25. The molecule has 0 radical (unpaired) electrons. The molecule has 0 aromatic heterocycles. The molecular formula is C8H17N3O5S. The van der Waals surface area contributed by atoms with Gasteiger partial charge in [-0.25, -0.2) is 0 Å². The van der Waals surface area contributed by atoms with Gasteiger partial charge in [0.1, 0.15) is 0 Å². The van der Waals surface area contributed by atoms with Crippen LogP contribution >= 0.6 is 0 Å². The van der Waals surface area contributed by atoms with Crippen molar-refractivity contribution in [2.75, 3.05) is 34.3 Å². The first-order chi connectivity index (χ1) is 7.83. The number of methoxy groups -OCH3 is 1. The molecule has 8 nitrogen and oxygen atoms in total. The number of ether oxygens (including phenoxy) is 1. The zero-order chi connectivity index (χ0) is 13.5. The van der Waals surface area contributed by atoms with E-state index in [4.69, 9.17) is 0 Å². The van der Waals surface area contributed by atoms with Crippen LogP contribution in [-0.4, -0.2) is 58.9 Å². The largest absolute Gasteiger partial charge is 0.469 e. The standard InChI is InChI=1S/C8H17N3O5S/c1-9-7(12)6-10-17(14,15)11(2)5-4-8(13)16-3/h10H,4-6H2,1-3H3,(H,9,12). The number of nitrogens with zero attached hydrogens (tertiary/aromatic N) is 1. The summed E-state index contributed by atoms with van der Waals surface area (Å²) in [6.45, 7) is -0.364. The van der Waals surface area contributed by atoms with Crippen LogP contribution in [0, 0.1) is 0 Å². The topological polar surface area (TPSA) is 105 Å². The van der Waals surface area contributed by atoms with E-state index in [0.717, 1.165) is 4.31 Å². The van der Waals surface area contributed by atoms with Gasteiger partial charge in [0, 0.05) is 20.6 Å². The number of rotatable bonds is 7. The summed E-state index contributed by atoms with van der Waals surface area (Å²) in [7, 11) is 0.169. The average molecular weight is 267 g/mol. The Bertz CT molecular complexity index is 367. The van der Waals surface area contributed by atoms with E-state index in [1.54, 1.807) is 0 Å². The van der Waals surface area contributed by atoms with Crippen LogP contribution in [0.2, 0.25) is 0 Å². The van der Waals surface area contributed by atoms with Gasteiger partial charge in [-0.2, -0.15) is 17.4 Å². The summed E-state index contributed by atoms with van der Waals surface area (Å²) in [5.74, 6) is -0.951. The van der Waals surface area contributed by atoms with Crippen molar-refractivity contribution in [3.05, 3.63) is 0 Å². The molecular weight excluding hydrogens is 250 g/mol. The van der Waals surface area contributed by atoms with Crippen LogP contribution in [0.25, 0.3) is 0 Å². The van der Waals surface area contributed by atoms with Crippen molar-refractivity contribution in [3.8, 4) is 0 Å². The third-order valence-corrected chi connectivity index (χ3v) is 3.48. The van der Waals surface area contributed by atoms with E-state index in [0.29, 0.717) is 0 Å². The highest BCUT2D eigenvalue weighted by Crippen LogP contribution is 1.96. The lowest BCUT2D eigenvalue weighted by molar-refractivity contribution is -0.140. The average Bonchev–Trinajstić information content (AvgIpc) is 2.32. The van der Waals surface area contributed by atoms with Crippen molar-refractivity contribution in [3.63, 3.8) is 0 Å². The maximum atomic E-state index is 11.5. The number of hydrogen-bond acceptors (Lipinski definition) is 5. The maximum Gasteiger partial charge on any atom is 0.306 e. The third-order valence-electron chi connectivity index (χ3n) is 1.96. The smallest absolute Gasteiger partial charge is 0.306 e. The van der Waals surface area contributed by atoms with Crippen molar-refractivity contribution >= 4 is 22.1 Å². The fourth-order valence-corrected chi connectivity index (χ4v) is 1.69. The molecule has 100 valence electrons. The first-order valence-electron chi connectivity index (χ1n) is 4.81. The Labute approximate surface area is 100 Å². The highest BCUT2D eigenvalue weighted by Gasteiger charge is 2.18. The van der Waals surface area contributed by atoms with Gasteiger partial charge in [-0.3, -0.25) is 9.59 Å². The second kappa shape index (κ2) is 7.20. The number of carbonyl (C=O) groups excluding carboxylic acids is 2. The molecule has 2 N–H and O–H groups in total. The quantitative estimate of drug-likeness (QED) is 0.522. The highest BCUT2D eigenvalue weighted by molar-refractivity contribution is 7.87. The lowest BCUT2D eigenvalue weighted by atomic mass is 10.4. The molecule has 0 heterocycles. The monoisotopic (exact) mass is 267 g/mol. The molecule has 0 saturated heterocycles.